The monoisotopic (exact) mass is 315 g/mol. The first-order valence-electron chi connectivity index (χ1n) is 7.88. The maximum Gasteiger partial charge on any atom is 0.273 e. The van der Waals surface area contributed by atoms with Crippen molar-refractivity contribution in [2.45, 2.75) is 13.8 Å². The van der Waals surface area contributed by atoms with Gasteiger partial charge in [0.25, 0.3) is 5.56 Å². The van der Waals surface area contributed by atoms with E-state index in [2.05, 4.69) is 5.10 Å². The highest BCUT2D eigenvalue weighted by Crippen LogP contribution is 2.27. The van der Waals surface area contributed by atoms with Crippen LogP contribution in [0.15, 0.2) is 65.5 Å². The minimum atomic E-state index is -0.110. The maximum absolute atomic E-state index is 12.5. The minimum absolute atomic E-state index is 0.110. The average molecular weight is 315 g/mol. The highest BCUT2D eigenvalue weighted by molar-refractivity contribution is 5.81. The van der Waals surface area contributed by atoms with Gasteiger partial charge in [-0.3, -0.25) is 9.89 Å². The molecule has 0 unspecified atom stereocenters. The molecule has 0 aliphatic rings. The van der Waals surface area contributed by atoms with E-state index in [0.29, 0.717) is 11.3 Å². The van der Waals surface area contributed by atoms with Crippen LogP contribution in [0.3, 0.4) is 0 Å². The molecular formula is C20H17N3O. The van der Waals surface area contributed by atoms with Crippen molar-refractivity contribution >= 4 is 5.65 Å². The highest BCUT2D eigenvalue weighted by atomic mass is 16.1. The van der Waals surface area contributed by atoms with Crippen molar-refractivity contribution in [3.05, 3.63) is 82.3 Å². The Bertz CT molecular complexity index is 1070. The van der Waals surface area contributed by atoms with Crippen molar-refractivity contribution in [1.82, 2.24) is 14.6 Å². The largest absolute Gasteiger partial charge is 0.293 e. The third-order valence-electron chi connectivity index (χ3n) is 4.21. The van der Waals surface area contributed by atoms with Crippen LogP contribution in [-0.4, -0.2) is 14.6 Å². The summed E-state index contributed by atoms with van der Waals surface area (Å²) in [6.45, 7) is 4.00. The van der Waals surface area contributed by atoms with Gasteiger partial charge >= 0.3 is 0 Å². The molecule has 2 heterocycles. The molecule has 0 radical (unpaired) electrons. The zero-order valence-electron chi connectivity index (χ0n) is 13.6. The lowest BCUT2D eigenvalue weighted by molar-refractivity contribution is 0.882. The topological polar surface area (TPSA) is 50.2 Å². The lowest BCUT2D eigenvalue weighted by atomic mass is 10.1. The van der Waals surface area contributed by atoms with Crippen LogP contribution in [-0.2, 0) is 0 Å². The summed E-state index contributed by atoms with van der Waals surface area (Å²) in [6, 6.07) is 19.6. The van der Waals surface area contributed by atoms with Crippen molar-refractivity contribution in [3.63, 3.8) is 0 Å². The Morgan fingerprint density at radius 2 is 1.62 bits per heavy atom. The summed E-state index contributed by atoms with van der Waals surface area (Å²) < 4.78 is 1.51. The summed E-state index contributed by atoms with van der Waals surface area (Å²) in [5, 5.41) is 3.12. The molecule has 4 aromatic rings. The molecule has 0 bridgehead atoms. The SMILES string of the molecule is Cc1ccc(-c2cc(=O)n3[nH]c(C)c(-c4ccccc4)c3n2)cc1. The number of benzene rings is 2. The summed E-state index contributed by atoms with van der Waals surface area (Å²) in [4.78, 5) is 17.3. The van der Waals surface area contributed by atoms with Crippen LogP contribution in [0.4, 0.5) is 0 Å². The predicted octanol–water partition coefficient (Wildman–Crippen LogP) is 3.97. The Morgan fingerprint density at radius 3 is 2.33 bits per heavy atom. The van der Waals surface area contributed by atoms with E-state index in [0.717, 1.165) is 22.4 Å². The van der Waals surface area contributed by atoms with Gasteiger partial charge in [-0.15, -0.1) is 0 Å². The van der Waals surface area contributed by atoms with Gasteiger partial charge in [-0.2, -0.15) is 0 Å². The maximum atomic E-state index is 12.5. The third-order valence-corrected chi connectivity index (χ3v) is 4.21. The molecule has 0 amide bonds. The molecule has 2 aromatic heterocycles. The second-order valence-electron chi connectivity index (χ2n) is 5.98. The molecule has 2 aromatic carbocycles. The van der Waals surface area contributed by atoms with Crippen molar-refractivity contribution in [3.8, 4) is 22.4 Å². The molecule has 1 N–H and O–H groups in total. The average Bonchev–Trinajstić information content (AvgIpc) is 2.93. The number of hydrogen-bond donors (Lipinski definition) is 1. The van der Waals surface area contributed by atoms with Crippen LogP contribution in [0.1, 0.15) is 11.3 Å². The van der Waals surface area contributed by atoms with Gasteiger partial charge in [0.2, 0.25) is 0 Å². The van der Waals surface area contributed by atoms with Crippen molar-refractivity contribution in [2.75, 3.05) is 0 Å². The number of rotatable bonds is 2. The zero-order chi connectivity index (χ0) is 16.7. The van der Waals surface area contributed by atoms with Crippen molar-refractivity contribution < 1.29 is 0 Å². The van der Waals surface area contributed by atoms with Crippen LogP contribution in [0.5, 0.6) is 0 Å². The number of hydrogen-bond acceptors (Lipinski definition) is 2. The summed E-state index contributed by atoms with van der Waals surface area (Å²) in [6.07, 6.45) is 0. The van der Waals surface area contributed by atoms with E-state index in [1.54, 1.807) is 6.07 Å². The van der Waals surface area contributed by atoms with Gasteiger partial charge in [0, 0.05) is 22.9 Å². The van der Waals surface area contributed by atoms with Gasteiger partial charge in [-0.1, -0.05) is 60.2 Å². The van der Waals surface area contributed by atoms with E-state index in [-0.39, 0.29) is 5.56 Å². The second-order valence-corrected chi connectivity index (χ2v) is 5.98. The Balaban J connectivity index is 2.00. The van der Waals surface area contributed by atoms with Gasteiger partial charge in [-0.05, 0) is 19.4 Å². The first kappa shape index (κ1) is 14.5. The fourth-order valence-corrected chi connectivity index (χ4v) is 2.97. The van der Waals surface area contributed by atoms with Crippen molar-refractivity contribution in [1.29, 1.82) is 0 Å². The number of nitrogens with zero attached hydrogens (tertiary/aromatic N) is 2. The quantitative estimate of drug-likeness (QED) is 0.608. The number of aromatic nitrogens is 3. The molecule has 0 aliphatic carbocycles. The molecule has 0 saturated carbocycles. The molecule has 4 nitrogen and oxygen atoms in total. The standard InChI is InChI=1S/C20H17N3O/c1-13-8-10-15(11-9-13)17-12-18(24)23-20(21-17)19(14(2)22-23)16-6-4-3-5-7-16/h3-12,22H,1-2H3. The van der Waals surface area contributed by atoms with E-state index >= 15 is 0 Å². The number of H-pyrrole nitrogens is 1. The van der Waals surface area contributed by atoms with Crippen LogP contribution in [0.25, 0.3) is 28.0 Å². The van der Waals surface area contributed by atoms with Gasteiger partial charge in [0.1, 0.15) is 0 Å². The number of nitrogens with one attached hydrogen (secondary N) is 1. The van der Waals surface area contributed by atoms with Gasteiger partial charge in [0.05, 0.1) is 5.69 Å². The van der Waals surface area contributed by atoms with E-state index in [1.165, 1.54) is 10.1 Å². The summed E-state index contributed by atoms with van der Waals surface area (Å²) in [5.74, 6) is 0. The Hall–Kier alpha value is -3.14. The fraction of sp³-hybridized carbons (Fsp3) is 0.100. The van der Waals surface area contributed by atoms with Crippen LogP contribution in [0, 0.1) is 13.8 Å². The van der Waals surface area contributed by atoms with Crippen LogP contribution < -0.4 is 5.56 Å². The molecule has 0 aliphatic heterocycles. The van der Waals surface area contributed by atoms with Crippen LogP contribution in [0.2, 0.25) is 0 Å². The number of aromatic amines is 1. The molecule has 0 fully saturated rings. The molecule has 24 heavy (non-hydrogen) atoms. The van der Waals surface area contributed by atoms with E-state index in [9.17, 15) is 4.79 Å². The Labute approximate surface area is 139 Å². The lowest BCUT2D eigenvalue weighted by Crippen LogP contribution is -2.14. The first-order valence-corrected chi connectivity index (χ1v) is 7.88. The van der Waals surface area contributed by atoms with Crippen molar-refractivity contribution in [2.24, 2.45) is 0 Å². The first-order chi connectivity index (χ1) is 11.6. The molecule has 4 heteroatoms. The van der Waals surface area contributed by atoms with Crippen LogP contribution >= 0.6 is 0 Å². The van der Waals surface area contributed by atoms with E-state index in [4.69, 9.17) is 4.98 Å². The molecule has 4 rings (SSSR count). The zero-order valence-corrected chi connectivity index (χ0v) is 13.6. The molecule has 0 atom stereocenters. The summed E-state index contributed by atoms with van der Waals surface area (Å²) in [5.41, 5.74) is 6.28. The minimum Gasteiger partial charge on any atom is -0.293 e. The smallest absolute Gasteiger partial charge is 0.273 e. The Kier molecular flexibility index (Phi) is 3.31. The number of fused-ring (bicyclic) bond motifs is 1. The third kappa shape index (κ3) is 2.33. The fourth-order valence-electron chi connectivity index (χ4n) is 2.97. The number of aryl methyl sites for hydroxylation is 2. The summed E-state index contributed by atoms with van der Waals surface area (Å²) >= 11 is 0. The predicted molar refractivity (Wildman–Crippen MR) is 96.2 cm³/mol. The highest BCUT2D eigenvalue weighted by Gasteiger charge is 2.15. The van der Waals surface area contributed by atoms with E-state index in [1.807, 2.05) is 68.4 Å². The normalized spacial score (nSPS) is 11.1. The Morgan fingerprint density at radius 1 is 0.917 bits per heavy atom. The molecule has 0 spiro atoms. The van der Waals surface area contributed by atoms with Gasteiger partial charge in [0.15, 0.2) is 5.65 Å². The lowest BCUT2D eigenvalue weighted by Gasteiger charge is -2.04. The second kappa shape index (κ2) is 5.49. The molecule has 118 valence electrons. The summed E-state index contributed by atoms with van der Waals surface area (Å²) in [7, 11) is 0. The molecule has 0 saturated heterocycles. The van der Waals surface area contributed by atoms with Gasteiger partial charge < -0.3 is 0 Å². The molecular weight excluding hydrogens is 298 g/mol. The van der Waals surface area contributed by atoms with Gasteiger partial charge in [-0.25, -0.2) is 9.50 Å². The van der Waals surface area contributed by atoms with E-state index < -0.39 is 0 Å².